The van der Waals surface area contributed by atoms with Crippen LogP contribution in [0, 0.1) is 11.6 Å². The number of aromatic nitrogens is 2. The highest BCUT2D eigenvalue weighted by Crippen LogP contribution is 2.22. The van der Waals surface area contributed by atoms with Gasteiger partial charge in [-0.1, -0.05) is 30.7 Å². The smallest absolute Gasteiger partial charge is 0.325 e. The SMILES string of the molecule is CCCCc1cnc(/C=C\c2cnc(NC(=O)Nc3c(F)cccc3F)s2)o1. The van der Waals surface area contributed by atoms with Gasteiger partial charge >= 0.3 is 6.03 Å². The average Bonchev–Trinajstić information content (AvgIpc) is 3.30. The Labute approximate surface area is 164 Å². The van der Waals surface area contributed by atoms with Crippen LogP contribution in [-0.2, 0) is 6.42 Å². The Balaban J connectivity index is 1.58. The van der Waals surface area contributed by atoms with Crippen molar-refractivity contribution in [1.29, 1.82) is 0 Å². The highest BCUT2D eigenvalue weighted by Gasteiger charge is 2.13. The summed E-state index contributed by atoms with van der Waals surface area (Å²) in [6.45, 7) is 2.11. The fourth-order valence-corrected chi connectivity index (χ4v) is 3.01. The van der Waals surface area contributed by atoms with Crippen molar-refractivity contribution in [2.24, 2.45) is 0 Å². The standard InChI is InChI=1S/C19H18F2N4O2S/c1-2-3-5-12-10-22-16(27-12)9-8-13-11-23-19(28-13)25-18(26)24-17-14(20)6-4-7-15(17)21/h4,6-11H,2-3,5H2,1H3,(H2,23,24,25,26)/b9-8-. The molecule has 28 heavy (non-hydrogen) atoms. The number of carbonyl (C=O) groups is 1. The van der Waals surface area contributed by atoms with Crippen LogP contribution in [0.15, 0.2) is 35.0 Å². The van der Waals surface area contributed by atoms with Crippen LogP contribution in [0.5, 0.6) is 0 Å². The summed E-state index contributed by atoms with van der Waals surface area (Å²) in [5.41, 5.74) is -0.514. The largest absolute Gasteiger partial charge is 0.442 e. The van der Waals surface area contributed by atoms with Gasteiger partial charge in [-0.25, -0.2) is 23.5 Å². The third-order valence-corrected chi connectivity index (χ3v) is 4.56. The average molecular weight is 404 g/mol. The number of hydrogen-bond acceptors (Lipinski definition) is 5. The third-order valence-electron chi connectivity index (χ3n) is 3.68. The van der Waals surface area contributed by atoms with Crippen LogP contribution in [0.25, 0.3) is 12.2 Å². The molecule has 0 aliphatic carbocycles. The molecule has 6 nitrogen and oxygen atoms in total. The van der Waals surface area contributed by atoms with E-state index in [-0.39, 0.29) is 5.13 Å². The van der Waals surface area contributed by atoms with E-state index >= 15 is 0 Å². The van der Waals surface area contributed by atoms with Gasteiger partial charge in [0.2, 0.25) is 5.89 Å². The second-order valence-corrected chi connectivity index (χ2v) is 6.91. The lowest BCUT2D eigenvalue weighted by Gasteiger charge is -2.07. The lowest BCUT2D eigenvalue weighted by Crippen LogP contribution is -2.20. The zero-order valence-electron chi connectivity index (χ0n) is 15.0. The molecule has 0 bridgehead atoms. The molecule has 3 aromatic rings. The van der Waals surface area contributed by atoms with Crippen molar-refractivity contribution in [3.8, 4) is 0 Å². The number of aryl methyl sites for hydroxylation is 1. The molecular weight excluding hydrogens is 386 g/mol. The molecule has 2 N–H and O–H groups in total. The molecule has 0 unspecified atom stereocenters. The van der Waals surface area contributed by atoms with Crippen molar-refractivity contribution >= 4 is 40.3 Å². The number of nitrogens with one attached hydrogen (secondary N) is 2. The van der Waals surface area contributed by atoms with E-state index in [1.807, 2.05) is 0 Å². The maximum Gasteiger partial charge on any atom is 0.325 e. The van der Waals surface area contributed by atoms with Gasteiger partial charge in [0, 0.05) is 23.6 Å². The van der Waals surface area contributed by atoms with Crippen LogP contribution >= 0.6 is 11.3 Å². The maximum atomic E-state index is 13.6. The molecule has 2 aromatic heterocycles. The number of hydrogen-bond donors (Lipinski definition) is 2. The first-order valence-corrected chi connectivity index (χ1v) is 9.47. The minimum atomic E-state index is -0.859. The lowest BCUT2D eigenvalue weighted by atomic mass is 10.2. The number of amides is 2. The first-order valence-electron chi connectivity index (χ1n) is 8.65. The van der Waals surface area contributed by atoms with Crippen LogP contribution < -0.4 is 10.6 Å². The Morgan fingerprint density at radius 3 is 2.71 bits per heavy atom. The van der Waals surface area contributed by atoms with E-state index in [9.17, 15) is 13.6 Å². The van der Waals surface area contributed by atoms with E-state index in [2.05, 4.69) is 27.5 Å². The van der Waals surface area contributed by atoms with Gasteiger partial charge in [-0.05, 0) is 24.6 Å². The molecule has 0 spiro atoms. The Morgan fingerprint density at radius 2 is 1.96 bits per heavy atom. The Morgan fingerprint density at radius 1 is 1.18 bits per heavy atom. The summed E-state index contributed by atoms with van der Waals surface area (Å²) in [6.07, 6.45) is 9.71. The number of urea groups is 1. The molecule has 0 aliphatic heterocycles. The van der Waals surface area contributed by atoms with Crippen molar-refractivity contribution in [3.63, 3.8) is 0 Å². The Bertz CT molecular complexity index is 964. The second-order valence-electron chi connectivity index (χ2n) is 5.85. The van der Waals surface area contributed by atoms with Crippen LogP contribution in [0.2, 0.25) is 0 Å². The van der Waals surface area contributed by atoms with E-state index in [0.717, 1.165) is 42.0 Å². The summed E-state index contributed by atoms with van der Waals surface area (Å²) in [4.78, 5) is 20.9. The van der Waals surface area contributed by atoms with Crippen molar-refractivity contribution in [1.82, 2.24) is 9.97 Å². The van der Waals surface area contributed by atoms with E-state index in [4.69, 9.17) is 4.42 Å². The second kappa shape index (κ2) is 9.23. The molecular formula is C19H18F2N4O2S. The molecule has 146 valence electrons. The molecule has 0 saturated heterocycles. The molecule has 0 saturated carbocycles. The summed E-state index contributed by atoms with van der Waals surface area (Å²) >= 11 is 1.19. The van der Waals surface area contributed by atoms with Crippen molar-refractivity contribution in [2.75, 3.05) is 10.6 Å². The zero-order valence-corrected chi connectivity index (χ0v) is 15.9. The normalized spacial score (nSPS) is 11.1. The highest BCUT2D eigenvalue weighted by atomic mass is 32.1. The molecule has 0 radical (unpaired) electrons. The minimum absolute atomic E-state index is 0.282. The zero-order chi connectivity index (χ0) is 19.9. The number of halogens is 2. The summed E-state index contributed by atoms with van der Waals surface area (Å²) in [7, 11) is 0. The van der Waals surface area contributed by atoms with Crippen LogP contribution in [0.3, 0.4) is 0 Å². The number of para-hydroxylation sites is 1. The van der Waals surface area contributed by atoms with Gasteiger partial charge in [-0.3, -0.25) is 5.32 Å². The van der Waals surface area contributed by atoms with Gasteiger partial charge in [-0.15, -0.1) is 0 Å². The number of carbonyl (C=O) groups excluding carboxylic acids is 1. The summed E-state index contributed by atoms with van der Waals surface area (Å²) in [5.74, 6) is -0.392. The van der Waals surface area contributed by atoms with Gasteiger partial charge in [0.05, 0.1) is 6.20 Å². The summed E-state index contributed by atoms with van der Waals surface area (Å²) < 4.78 is 32.7. The van der Waals surface area contributed by atoms with Crippen LogP contribution in [0.4, 0.5) is 24.4 Å². The van der Waals surface area contributed by atoms with E-state index in [1.54, 1.807) is 24.5 Å². The highest BCUT2D eigenvalue weighted by molar-refractivity contribution is 7.16. The predicted octanol–water partition coefficient (Wildman–Crippen LogP) is 5.57. The van der Waals surface area contributed by atoms with Crippen molar-refractivity contribution in [2.45, 2.75) is 26.2 Å². The quantitative estimate of drug-likeness (QED) is 0.540. The molecule has 2 amide bonds. The number of oxazole rings is 1. The van der Waals surface area contributed by atoms with E-state index in [1.165, 1.54) is 17.4 Å². The maximum absolute atomic E-state index is 13.6. The number of unbranched alkanes of at least 4 members (excludes halogenated alkanes) is 1. The van der Waals surface area contributed by atoms with Gasteiger partial charge in [0.25, 0.3) is 0 Å². The first kappa shape index (κ1) is 19.7. The molecule has 2 heterocycles. The molecule has 0 aliphatic rings. The Hall–Kier alpha value is -3.07. The van der Waals surface area contributed by atoms with Crippen LogP contribution in [0.1, 0.15) is 36.3 Å². The van der Waals surface area contributed by atoms with Crippen LogP contribution in [-0.4, -0.2) is 16.0 Å². The van der Waals surface area contributed by atoms with Gasteiger partial charge in [-0.2, -0.15) is 0 Å². The fraction of sp³-hybridized carbons (Fsp3) is 0.211. The number of nitrogens with zero attached hydrogens (tertiary/aromatic N) is 2. The number of thiazole rings is 1. The Kier molecular flexibility index (Phi) is 6.49. The van der Waals surface area contributed by atoms with Crippen molar-refractivity contribution < 1.29 is 18.0 Å². The number of benzene rings is 1. The number of rotatable bonds is 7. The minimum Gasteiger partial charge on any atom is -0.442 e. The topological polar surface area (TPSA) is 80.0 Å². The van der Waals surface area contributed by atoms with E-state index in [0.29, 0.717) is 5.89 Å². The molecule has 0 atom stereocenters. The first-order chi connectivity index (χ1) is 13.5. The molecule has 0 fully saturated rings. The predicted molar refractivity (Wildman–Crippen MR) is 105 cm³/mol. The van der Waals surface area contributed by atoms with Gasteiger partial charge < -0.3 is 9.73 Å². The fourth-order valence-electron chi connectivity index (χ4n) is 2.30. The number of anilines is 2. The monoisotopic (exact) mass is 404 g/mol. The van der Waals surface area contributed by atoms with E-state index < -0.39 is 23.4 Å². The third kappa shape index (κ3) is 5.23. The van der Waals surface area contributed by atoms with Gasteiger partial charge in [0.1, 0.15) is 23.1 Å². The molecule has 9 heteroatoms. The summed E-state index contributed by atoms with van der Waals surface area (Å²) in [5, 5.41) is 4.86. The van der Waals surface area contributed by atoms with Crippen molar-refractivity contribution in [3.05, 3.63) is 58.8 Å². The molecule has 1 aromatic carbocycles. The lowest BCUT2D eigenvalue weighted by molar-refractivity contribution is 0.262. The van der Waals surface area contributed by atoms with Gasteiger partial charge in [0.15, 0.2) is 5.13 Å². The molecule has 3 rings (SSSR count). The summed E-state index contributed by atoms with van der Waals surface area (Å²) in [6, 6.07) is 2.54.